The second-order valence-electron chi connectivity index (χ2n) is 16.6. The number of anilines is 1. The summed E-state index contributed by atoms with van der Waals surface area (Å²) in [6.45, 7) is 5.10. The number of β-lactam (4-membered cyclic amide) rings is 1. The largest absolute Gasteiger partial charge is 0.497 e. The van der Waals surface area contributed by atoms with Gasteiger partial charge in [0.15, 0.2) is 10.8 Å². The van der Waals surface area contributed by atoms with Crippen LogP contribution in [0.3, 0.4) is 0 Å². The Kier molecular flexibility index (Phi) is 14.6. The molecule has 0 aliphatic carbocycles. The number of benzene rings is 4. The van der Waals surface area contributed by atoms with Crippen LogP contribution in [0.1, 0.15) is 60.4 Å². The first kappa shape index (κ1) is 47.5. The molecule has 2 aliphatic heterocycles. The van der Waals surface area contributed by atoms with E-state index in [0.717, 1.165) is 16.7 Å². The van der Waals surface area contributed by atoms with Crippen molar-refractivity contribution in [3.05, 3.63) is 190 Å². The highest BCUT2D eigenvalue weighted by molar-refractivity contribution is 8.00. The topological polar surface area (TPSA) is 171 Å². The number of aromatic nitrogens is 2. The van der Waals surface area contributed by atoms with Crippen LogP contribution in [0, 0.1) is 0 Å². The van der Waals surface area contributed by atoms with E-state index >= 15 is 0 Å². The average Bonchev–Trinajstić information content (AvgIpc) is 3.83. The minimum absolute atomic E-state index is 0.0162. The van der Waals surface area contributed by atoms with Crippen LogP contribution in [0.25, 0.3) is 0 Å². The molecule has 4 heterocycles. The van der Waals surface area contributed by atoms with Crippen molar-refractivity contribution in [2.75, 3.05) is 24.1 Å². The maximum absolute atomic E-state index is 14.7. The van der Waals surface area contributed by atoms with E-state index in [9.17, 15) is 19.2 Å². The van der Waals surface area contributed by atoms with Gasteiger partial charge in [0.05, 0.1) is 7.11 Å². The number of carbonyl (C=O) groups excluding carboxylic acids is 4. The van der Waals surface area contributed by atoms with Crippen molar-refractivity contribution in [2.24, 2.45) is 5.16 Å². The highest BCUT2D eigenvalue weighted by atomic mass is 35.5. The molecule has 68 heavy (non-hydrogen) atoms. The Morgan fingerprint density at radius 1 is 0.882 bits per heavy atom. The number of pyridine rings is 1. The predicted octanol–water partition coefficient (Wildman–Crippen LogP) is 8.39. The van der Waals surface area contributed by atoms with E-state index in [0.29, 0.717) is 33.3 Å². The molecular formula is C51H47ClN6O8S2. The van der Waals surface area contributed by atoms with Crippen molar-refractivity contribution in [2.45, 2.75) is 56.0 Å². The number of fused-ring (bicyclic) bond motifs is 1. The normalized spacial score (nSPS) is 16.5. The highest BCUT2D eigenvalue weighted by Gasteiger charge is 2.55. The number of amides is 2. The van der Waals surface area contributed by atoms with Gasteiger partial charge >= 0.3 is 11.9 Å². The number of esters is 2. The summed E-state index contributed by atoms with van der Waals surface area (Å²) in [7, 11) is 1.56. The lowest BCUT2D eigenvalue weighted by atomic mass is 9.77. The zero-order chi connectivity index (χ0) is 47.8. The second kappa shape index (κ2) is 20.9. The molecule has 2 aliphatic rings. The van der Waals surface area contributed by atoms with Crippen molar-refractivity contribution < 1.29 is 38.2 Å². The van der Waals surface area contributed by atoms with Gasteiger partial charge in [-0.05, 0) is 66.8 Å². The zero-order valence-electron chi connectivity index (χ0n) is 37.5. The van der Waals surface area contributed by atoms with Crippen molar-refractivity contribution in [1.29, 1.82) is 0 Å². The molecule has 1 unspecified atom stereocenters. The first-order valence-corrected chi connectivity index (χ1v) is 24.0. The Labute approximate surface area is 406 Å². The number of nitrogens with one attached hydrogen (secondary N) is 2. The van der Waals surface area contributed by atoms with Crippen molar-refractivity contribution in [1.82, 2.24) is 20.2 Å². The summed E-state index contributed by atoms with van der Waals surface area (Å²) in [5.41, 5.74) is 2.26. The minimum atomic E-state index is -1.44. The number of oxime groups is 1. The van der Waals surface area contributed by atoms with Gasteiger partial charge < -0.3 is 29.7 Å². The van der Waals surface area contributed by atoms with Crippen LogP contribution in [0.15, 0.2) is 162 Å². The zero-order valence-corrected chi connectivity index (χ0v) is 39.8. The number of methoxy groups -OCH3 is 1. The van der Waals surface area contributed by atoms with E-state index in [4.69, 9.17) is 35.6 Å². The fourth-order valence-electron chi connectivity index (χ4n) is 7.74. The van der Waals surface area contributed by atoms with Gasteiger partial charge in [-0.25, -0.2) is 14.6 Å². The molecule has 2 aromatic heterocycles. The lowest BCUT2D eigenvalue weighted by Crippen LogP contribution is -2.71. The molecule has 6 aromatic rings. The van der Waals surface area contributed by atoms with Gasteiger partial charge in [-0.1, -0.05) is 114 Å². The van der Waals surface area contributed by atoms with Crippen LogP contribution in [-0.2, 0) is 45.6 Å². The van der Waals surface area contributed by atoms with E-state index in [1.807, 2.05) is 91.0 Å². The first-order valence-electron chi connectivity index (χ1n) is 21.5. The average molecular weight is 972 g/mol. The maximum Gasteiger partial charge on any atom is 0.355 e. The Morgan fingerprint density at radius 2 is 1.51 bits per heavy atom. The van der Waals surface area contributed by atoms with E-state index in [2.05, 4.69) is 20.8 Å². The second-order valence-corrected chi connectivity index (χ2v) is 18.9. The molecule has 0 bridgehead atoms. The first-order chi connectivity index (χ1) is 32.9. The molecule has 2 amide bonds. The fraction of sp³-hybridized carbons (Fsp3) is 0.235. The lowest BCUT2D eigenvalue weighted by molar-refractivity contribution is -0.169. The molecule has 4 aromatic carbocycles. The molecule has 1 saturated heterocycles. The molecule has 8 rings (SSSR count). The van der Waals surface area contributed by atoms with E-state index < -0.39 is 52.4 Å². The number of alkyl halides is 1. The highest BCUT2D eigenvalue weighted by Crippen LogP contribution is 2.43. The maximum atomic E-state index is 14.7. The van der Waals surface area contributed by atoms with Crippen molar-refractivity contribution in [3.63, 3.8) is 0 Å². The third-order valence-electron chi connectivity index (χ3n) is 11.0. The summed E-state index contributed by atoms with van der Waals surface area (Å²) < 4.78 is 16.6. The van der Waals surface area contributed by atoms with Gasteiger partial charge in [0, 0.05) is 35.0 Å². The van der Waals surface area contributed by atoms with Crippen LogP contribution in [0.5, 0.6) is 5.75 Å². The molecule has 0 saturated carbocycles. The SMILES string of the molecule is COc1ccc(COC(=O)C2=C(CCl)CS[C@@H]3[C@H](NC(=O)/C(=N/OC(C(=O)OC(C)(C)C)c4cccnc4)c4csc(NC(c5ccccc5)(c5ccccc5)c5ccccc5)n4)C(=O)N23)cc1. The monoisotopic (exact) mass is 970 g/mol. The van der Waals surface area contributed by atoms with Crippen LogP contribution in [0.4, 0.5) is 5.13 Å². The van der Waals surface area contributed by atoms with Crippen LogP contribution < -0.4 is 15.4 Å². The number of nitrogens with zero attached hydrogens (tertiary/aromatic N) is 4. The summed E-state index contributed by atoms with van der Waals surface area (Å²) in [6, 6.07) is 39.0. The van der Waals surface area contributed by atoms with Crippen molar-refractivity contribution >= 4 is 69.3 Å². The predicted molar refractivity (Wildman–Crippen MR) is 261 cm³/mol. The van der Waals surface area contributed by atoms with E-state index in [1.165, 1.54) is 34.2 Å². The third kappa shape index (κ3) is 10.3. The number of hydrogen-bond donors (Lipinski definition) is 2. The van der Waals surface area contributed by atoms with E-state index in [1.54, 1.807) is 75.9 Å². The van der Waals surface area contributed by atoms with Crippen LogP contribution in [0.2, 0.25) is 0 Å². The Bertz CT molecular complexity index is 2710. The molecule has 0 spiro atoms. The van der Waals surface area contributed by atoms with Gasteiger partial charge in [0.25, 0.3) is 11.8 Å². The Hall–Kier alpha value is -7.01. The number of thioether (sulfide) groups is 1. The number of thiazole rings is 1. The molecule has 17 heteroatoms. The number of carbonyl (C=O) groups is 4. The number of halogens is 1. The number of hydrogen-bond acceptors (Lipinski definition) is 14. The van der Waals surface area contributed by atoms with Crippen LogP contribution in [-0.4, -0.2) is 80.1 Å². The quantitative estimate of drug-likeness (QED) is 0.0224. The smallest absolute Gasteiger partial charge is 0.355 e. The summed E-state index contributed by atoms with van der Waals surface area (Å²) in [5.74, 6) is -1.95. The molecule has 1 fully saturated rings. The Balaban J connectivity index is 1.12. The van der Waals surface area contributed by atoms with Gasteiger partial charge in [-0.15, -0.1) is 34.7 Å². The van der Waals surface area contributed by atoms with E-state index in [-0.39, 0.29) is 29.6 Å². The van der Waals surface area contributed by atoms with Gasteiger partial charge in [0.1, 0.15) is 46.3 Å². The number of rotatable bonds is 17. The molecule has 14 nitrogen and oxygen atoms in total. The Morgan fingerprint density at radius 3 is 2.07 bits per heavy atom. The summed E-state index contributed by atoms with van der Waals surface area (Å²) in [6.07, 6.45) is 1.54. The molecular weight excluding hydrogens is 924 g/mol. The van der Waals surface area contributed by atoms with Gasteiger partial charge in [0.2, 0.25) is 6.10 Å². The summed E-state index contributed by atoms with van der Waals surface area (Å²) in [4.78, 5) is 72.5. The molecule has 348 valence electrons. The van der Waals surface area contributed by atoms with Gasteiger partial charge in [-0.3, -0.25) is 19.5 Å². The summed E-state index contributed by atoms with van der Waals surface area (Å²) in [5, 5.41) is 12.2. The number of ether oxygens (including phenoxy) is 3. The van der Waals surface area contributed by atoms with Gasteiger partial charge in [-0.2, -0.15) is 0 Å². The fourth-order valence-corrected chi connectivity index (χ4v) is 10.2. The van der Waals surface area contributed by atoms with Crippen LogP contribution >= 0.6 is 34.7 Å². The minimum Gasteiger partial charge on any atom is -0.497 e. The molecule has 3 atom stereocenters. The lowest BCUT2D eigenvalue weighted by Gasteiger charge is -2.49. The molecule has 2 N–H and O–H groups in total. The standard InChI is InChI=1S/C51H47ClN6O8S2/c1-50(2,3)65-48(62)43(33-15-14-26-53-28-33)66-57-40(39-31-68-49(54-39)56-51(35-16-8-5-9-17-35,36-18-10-6-11-19-36)37-20-12-7-13-21-37)44(59)55-41-45(60)58-42(34(27-52)30-67-46(41)58)47(61)64-29-32-22-24-38(63-4)25-23-32/h5-26,28,31,41,43,46H,27,29-30H2,1-4H3,(H,54,56)(H,55,59)/b57-40+/t41-,43?,46-/m1/s1. The third-order valence-corrected chi connectivity index (χ3v) is 13.4. The summed E-state index contributed by atoms with van der Waals surface area (Å²) >= 11 is 8.88. The van der Waals surface area contributed by atoms with Crippen molar-refractivity contribution in [3.8, 4) is 5.75 Å². The molecule has 0 radical (unpaired) electrons.